The number of nitriles is 1. The largest absolute Gasteiger partial charge is 0.322 e. The van der Waals surface area contributed by atoms with E-state index >= 15 is 0 Å². The molecule has 0 heterocycles. The summed E-state index contributed by atoms with van der Waals surface area (Å²) in [7, 11) is 0. The number of nitrogens with zero attached hydrogens (tertiary/aromatic N) is 1. The van der Waals surface area contributed by atoms with Crippen molar-refractivity contribution in [1.29, 1.82) is 5.26 Å². The van der Waals surface area contributed by atoms with Gasteiger partial charge in [0, 0.05) is 15.7 Å². The summed E-state index contributed by atoms with van der Waals surface area (Å²) in [5.74, 6) is -0.234. The fourth-order valence-electron chi connectivity index (χ4n) is 1.47. The van der Waals surface area contributed by atoms with E-state index in [9.17, 15) is 4.79 Å². The predicted molar refractivity (Wildman–Crippen MR) is 78.3 cm³/mol. The molecule has 0 bridgehead atoms. The minimum absolute atomic E-state index is 0.234. The Balaban J connectivity index is 2.16. The lowest BCUT2D eigenvalue weighted by Gasteiger charge is -2.06. The molecule has 19 heavy (non-hydrogen) atoms. The summed E-state index contributed by atoms with van der Waals surface area (Å²) >= 11 is 9.14. The van der Waals surface area contributed by atoms with Crippen LogP contribution in [0.4, 0.5) is 5.69 Å². The molecule has 0 radical (unpaired) electrons. The molecular weight excluding hydrogens is 328 g/mol. The molecule has 0 saturated heterocycles. The second kappa shape index (κ2) is 5.87. The third-order valence-electron chi connectivity index (χ3n) is 2.45. The van der Waals surface area contributed by atoms with Gasteiger partial charge in [0.25, 0.3) is 5.91 Å². The first-order valence-corrected chi connectivity index (χ1v) is 6.54. The number of hydrogen-bond acceptors (Lipinski definition) is 2. The fraction of sp³-hybridized carbons (Fsp3) is 0. The monoisotopic (exact) mass is 334 g/mol. The van der Waals surface area contributed by atoms with Crippen LogP contribution in [0.3, 0.4) is 0 Å². The fourth-order valence-corrected chi connectivity index (χ4v) is 1.97. The first-order chi connectivity index (χ1) is 9.10. The molecule has 1 amide bonds. The molecule has 2 aromatic carbocycles. The quantitative estimate of drug-likeness (QED) is 0.893. The molecule has 0 aliphatic heterocycles. The minimum atomic E-state index is -0.234. The molecule has 5 heteroatoms. The summed E-state index contributed by atoms with van der Waals surface area (Å²) in [6, 6.07) is 13.6. The first-order valence-electron chi connectivity index (χ1n) is 5.37. The van der Waals surface area contributed by atoms with Crippen molar-refractivity contribution in [2.75, 3.05) is 5.32 Å². The maximum Gasteiger partial charge on any atom is 0.255 e. The van der Waals surface area contributed by atoms with Gasteiger partial charge in [-0.25, -0.2) is 0 Å². The highest BCUT2D eigenvalue weighted by atomic mass is 79.9. The van der Waals surface area contributed by atoms with Gasteiger partial charge in [-0.1, -0.05) is 11.6 Å². The Labute approximate surface area is 123 Å². The number of carbonyl (C=O) groups is 1. The second-order valence-corrected chi connectivity index (χ2v) is 5.03. The molecule has 0 aliphatic carbocycles. The van der Waals surface area contributed by atoms with E-state index in [1.165, 1.54) is 0 Å². The van der Waals surface area contributed by atoms with Gasteiger partial charge in [0.2, 0.25) is 0 Å². The summed E-state index contributed by atoms with van der Waals surface area (Å²) in [6.07, 6.45) is 0. The standard InChI is InChI=1S/C14H8BrClN2O/c15-12-7-10(3-6-13(12)16)14(19)18-11-4-1-9(8-17)2-5-11/h1-7H,(H,18,19). The van der Waals surface area contributed by atoms with Crippen LogP contribution in [0.25, 0.3) is 0 Å². The molecule has 3 nitrogen and oxygen atoms in total. The normalized spacial score (nSPS) is 9.74. The van der Waals surface area contributed by atoms with E-state index in [2.05, 4.69) is 21.2 Å². The molecule has 2 rings (SSSR count). The maximum atomic E-state index is 12.0. The van der Waals surface area contributed by atoms with Gasteiger partial charge in [-0.2, -0.15) is 5.26 Å². The average Bonchev–Trinajstić information content (AvgIpc) is 2.42. The Kier molecular flexibility index (Phi) is 4.20. The van der Waals surface area contributed by atoms with E-state index in [1.54, 1.807) is 42.5 Å². The molecule has 2 aromatic rings. The number of nitrogens with one attached hydrogen (secondary N) is 1. The van der Waals surface area contributed by atoms with Gasteiger partial charge in [-0.05, 0) is 58.4 Å². The van der Waals surface area contributed by atoms with Gasteiger partial charge in [0.1, 0.15) is 0 Å². The summed E-state index contributed by atoms with van der Waals surface area (Å²) in [5, 5.41) is 12.0. The van der Waals surface area contributed by atoms with Crippen LogP contribution in [0.5, 0.6) is 0 Å². The van der Waals surface area contributed by atoms with Crippen molar-refractivity contribution in [1.82, 2.24) is 0 Å². The van der Waals surface area contributed by atoms with E-state index in [1.807, 2.05) is 6.07 Å². The van der Waals surface area contributed by atoms with Gasteiger partial charge in [0.15, 0.2) is 0 Å². The lowest BCUT2D eigenvalue weighted by atomic mass is 10.2. The van der Waals surface area contributed by atoms with Crippen molar-refractivity contribution in [3.05, 3.63) is 63.1 Å². The highest BCUT2D eigenvalue weighted by molar-refractivity contribution is 9.10. The van der Waals surface area contributed by atoms with E-state index in [0.29, 0.717) is 26.3 Å². The summed E-state index contributed by atoms with van der Waals surface area (Å²) in [6.45, 7) is 0. The van der Waals surface area contributed by atoms with Crippen LogP contribution in [0, 0.1) is 11.3 Å². The van der Waals surface area contributed by atoms with Crippen LogP contribution in [0.2, 0.25) is 5.02 Å². The zero-order valence-corrected chi connectivity index (χ0v) is 12.0. The molecule has 0 unspecified atom stereocenters. The maximum absolute atomic E-state index is 12.0. The smallest absolute Gasteiger partial charge is 0.255 e. The molecule has 0 aliphatic rings. The van der Waals surface area contributed by atoms with E-state index in [-0.39, 0.29) is 5.91 Å². The highest BCUT2D eigenvalue weighted by Crippen LogP contribution is 2.23. The molecule has 0 spiro atoms. The number of hydrogen-bond donors (Lipinski definition) is 1. The van der Waals surface area contributed by atoms with Gasteiger partial charge < -0.3 is 5.32 Å². The molecule has 1 N–H and O–H groups in total. The highest BCUT2D eigenvalue weighted by Gasteiger charge is 2.08. The minimum Gasteiger partial charge on any atom is -0.322 e. The molecule has 0 aromatic heterocycles. The van der Waals surface area contributed by atoms with Crippen molar-refractivity contribution in [3.8, 4) is 6.07 Å². The van der Waals surface area contributed by atoms with Gasteiger partial charge >= 0.3 is 0 Å². The molecule has 0 atom stereocenters. The Morgan fingerprint density at radius 2 is 1.89 bits per heavy atom. The van der Waals surface area contributed by atoms with E-state index in [4.69, 9.17) is 16.9 Å². The molecule has 94 valence electrons. The van der Waals surface area contributed by atoms with Crippen LogP contribution in [-0.4, -0.2) is 5.91 Å². The van der Waals surface area contributed by atoms with E-state index < -0.39 is 0 Å². The van der Waals surface area contributed by atoms with Crippen LogP contribution >= 0.6 is 27.5 Å². The molecule has 0 fully saturated rings. The lowest BCUT2D eigenvalue weighted by Crippen LogP contribution is -2.11. The summed E-state index contributed by atoms with van der Waals surface area (Å²) in [5.41, 5.74) is 1.68. The van der Waals surface area contributed by atoms with Crippen LogP contribution in [-0.2, 0) is 0 Å². The SMILES string of the molecule is N#Cc1ccc(NC(=O)c2ccc(Cl)c(Br)c2)cc1. The van der Waals surface area contributed by atoms with Crippen molar-refractivity contribution in [3.63, 3.8) is 0 Å². The van der Waals surface area contributed by atoms with Crippen molar-refractivity contribution in [2.45, 2.75) is 0 Å². The lowest BCUT2D eigenvalue weighted by molar-refractivity contribution is 0.102. The van der Waals surface area contributed by atoms with Gasteiger partial charge in [-0.3, -0.25) is 4.79 Å². The van der Waals surface area contributed by atoms with Crippen molar-refractivity contribution >= 4 is 39.1 Å². The summed E-state index contributed by atoms with van der Waals surface area (Å²) in [4.78, 5) is 12.0. The number of carbonyl (C=O) groups excluding carboxylic acids is 1. The molecule has 0 saturated carbocycles. The van der Waals surface area contributed by atoms with Crippen LogP contribution in [0.15, 0.2) is 46.9 Å². The van der Waals surface area contributed by atoms with Crippen molar-refractivity contribution < 1.29 is 4.79 Å². The Morgan fingerprint density at radius 3 is 2.47 bits per heavy atom. The second-order valence-electron chi connectivity index (χ2n) is 3.77. The zero-order valence-electron chi connectivity index (χ0n) is 9.65. The zero-order chi connectivity index (χ0) is 13.8. The average molecular weight is 336 g/mol. The third kappa shape index (κ3) is 3.34. The van der Waals surface area contributed by atoms with E-state index in [0.717, 1.165) is 0 Å². The first kappa shape index (κ1) is 13.6. The topological polar surface area (TPSA) is 52.9 Å². The third-order valence-corrected chi connectivity index (χ3v) is 3.67. The number of benzene rings is 2. The van der Waals surface area contributed by atoms with Crippen molar-refractivity contribution in [2.24, 2.45) is 0 Å². The predicted octanol–water partition coefficient (Wildman–Crippen LogP) is 4.23. The Morgan fingerprint density at radius 1 is 1.21 bits per heavy atom. The summed E-state index contributed by atoms with van der Waals surface area (Å²) < 4.78 is 0.668. The Bertz CT molecular complexity index is 662. The number of halogens is 2. The number of amides is 1. The van der Waals surface area contributed by atoms with Gasteiger partial charge in [-0.15, -0.1) is 0 Å². The van der Waals surface area contributed by atoms with Crippen LogP contribution < -0.4 is 5.32 Å². The number of anilines is 1. The Hall–Kier alpha value is -1.83. The van der Waals surface area contributed by atoms with Crippen LogP contribution in [0.1, 0.15) is 15.9 Å². The van der Waals surface area contributed by atoms with Gasteiger partial charge in [0.05, 0.1) is 16.7 Å². The number of rotatable bonds is 2. The molecular formula is C14H8BrClN2O.